The van der Waals surface area contributed by atoms with Gasteiger partial charge in [-0.3, -0.25) is 14.6 Å². The van der Waals surface area contributed by atoms with Gasteiger partial charge in [0.1, 0.15) is 11.2 Å². The van der Waals surface area contributed by atoms with Crippen LogP contribution in [0.2, 0.25) is 0 Å². The first-order valence-corrected chi connectivity index (χ1v) is 8.22. The van der Waals surface area contributed by atoms with Crippen molar-refractivity contribution in [1.82, 2.24) is 15.6 Å². The van der Waals surface area contributed by atoms with E-state index in [1.165, 1.54) is 0 Å². The Bertz CT molecular complexity index is 740. The highest BCUT2D eigenvalue weighted by Crippen LogP contribution is 2.46. The van der Waals surface area contributed by atoms with Crippen molar-refractivity contribution in [3.63, 3.8) is 0 Å². The molecule has 6 heteroatoms. The van der Waals surface area contributed by atoms with Gasteiger partial charge in [-0.15, -0.1) is 0 Å². The smallest absolute Gasteiger partial charge is 0.235 e. The van der Waals surface area contributed by atoms with Crippen LogP contribution in [0, 0.1) is 5.41 Å². The van der Waals surface area contributed by atoms with E-state index < -0.39 is 5.41 Å². The van der Waals surface area contributed by atoms with E-state index in [1.807, 2.05) is 36.4 Å². The summed E-state index contributed by atoms with van der Waals surface area (Å²) in [5.74, 6) is 0.344. The van der Waals surface area contributed by atoms with Gasteiger partial charge < -0.3 is 15.4 Å². The molecule has 2 N–H and O–H groups in total. The Morgan fingerprint density at radius 1 is 0.960 bits per heavy atom. The van der Waals surface area contributed by atoms with Crippen LogP contribution in [0.25, 0.3) is 0 Å². The summed E-state index contributed by atoms with van der Waals surface area (Å²) in [6.45, 7) is 0.789. The molecule has 0 radical (unpaired) electrons. The summed E-state index contributed by atoms with van der Waals surface area (Å²) in [5.41, 5.74) is 0.999. The first-order chi connectivity index (χ1) is 12.1. The minimum atomic E-state index is -0.917. The lowest BCUT2D eigenvalue weighted by Gasteiger charge is -2.15. The molecule has 130 valence electrons. The maximum atomic E-state index is 12.5. The molecule has 0 unspecified atom stereocenters. The lowest BCUT2D eigenvalue weighted by molar-refractivity contribution is -0.137. The monoisotopic (exact) mass is 339 g/mol. The van der Waals surface area contributed by atoms with E-state index in [0.29, 0.717) is 25.9 Å². The van der Waals surface area contributed by atoms with Crippen LogP contribution in [-0.4, -0.2) is 23.9 Å². The molecule has 1 heterocycles. The van der Waals surface area contributed by atoms with Gasteiger partial charge in [0.05, 0.1) is 7.11 Å². The second-order valence-electron chi connectivity index (χ2n) is 6.15. The number of benzene rings is 1. The fourth-order valence-electron chi connectivity index (χ4n) is 2.63. The molecule has 2 aromatic rings. The zero-order valence-electron chi connectivity index (χ0n) is 14.1. The van der Waals surface area contributed by atoms with E-state index in [2.05, 4.69) is 15.6 Å². The zero-order valence-corrected chi connectivity index (χ0v) is 14.1. The molecule has 0 saturated heterocycles. The van der Waals surface area contributed by atoms with Crippen LogP contribution in [-0.2, 0) is 22.7 Å². The van der Waals surface area contributed by atoms with E-state index in [4.69, 9.17) is 4.74 Å². The standard InChI is InChI=1S/C19H21N3O3/c1-25-16-4-2-14(3-5-16)12-21-17(23)19(8-9-19)18(24)22-13-15-6-10-20-11-7-15/h2-7,10-11H,8-9,12-13H2,1H3,(H,21,23)(H,22,24). The molecule has 1 fully saturated rings. The average molecular weight is 339 g/mol. The molecule has 25 heavy (non-hydrogen) atoms. The predicted octanol–water partition coefficient (Wildman–Crippen LogP) is 1.80. The summed E-state index contributed by atoms with van der Waals surface area (Å²) in [6.07, 6.45) is 4.53. The molecular formula is C19H21N3O3. The number of carbonyl (C=O) groups is 2. The van der Waals surface area contributed by atoms with E-state index in [1.54, 1.807) is 19.5 Å². The Kier molecular flexibility index (Phi) is 4.97. The Balaban J connectivity index is 1.52. The number of amides is 2. The first kappa shape index (κ1) is 17.0. The first-order valence-electron chi connectivity index (χ1n) is 8.22. The predicted molar refractivity (Wildman–Crippen MR) is 92.6 cm³/mol. The maximum absolute atomic E-state index is 12.5. The van der Waals surface area contributed by atoms with Gasteiger partial charge in [-0.1, -0.05) is 12.1 Å². The average Bonchev–Trinajstić information content (AvgIpc) is 3.47. The second-order valence-corrected chi connectivity index (χ2v) is 6.15. The molecule has 0 aliphatic heterocycles. The van der Waals surface area contributed by atoms with Gasteiger partial charge in [0.15, 0.2) is 0 Å². The SMILES string of the molecule is COc1ccc(CNC(=O)C2(C(=O)NCc3ccncc3)CC2)cc1. The van der Waals surface area contributed by atoms with E-state index in [0.717, 1.165) is 16.9 Å². The van der Waals surface area contributed by atoms with E-state index >= 15 is 0 Å². The Hall–Kier alpha value is -2.89. The third kappa shape index (κ3) is 3.96. The van der Waals surface area contributed by atoms with Gasteiger partial charge in [-0.2, -0.15) is 0 Å². The molecule has 1 saturated carbocycles. The van der Waals surface area contributed by atoms with Crippen LogP contribution in [0.3, 0.4) is 0 Å². The van der Waals surface area contributed by atoms with Crippen molar-refractivity contribution in [3.05, 3.63) is 59.9 Å². The number of pyridine rings is 1. The van der Waals surface area contributed by atoms with Crippen molar-refractivity contribution in [2.45, 2.75) is 25.9 Å². The van der Waals surface area contributed by atoms with Crippen molar-refractivity contribution in [2.75, 3.05) is 7.11 Å². The number of nitrogens with zero attached hydrogens (tertiary/aromatic N) is 1. The minimum Gasteiger partial charge on any atom is -0.497 e. The highest BCUT2D eigenvalue weighted by molar-refractivity contribution is 6.07. The fraction of sp³-hybridized carbons (Fsp3) is 0.316. The van der Waals surface area contributed by atoms with Crippen LogP contribution < -0.4 is 15.4 Å². The highest BCUT2D eigenvalue weighted by Gasteiger charge is 2.56. The molecule has 2 amide bonds. The van der Waals surface area contributed by atoms with Crippen molar-refractivity contribution >= 4 is 11.8 Å². The minimum absolute atomic E-state index is 0.212. The van der Waals surface area contributed by atoms with Crippen molar-refractivity contribution < 1.29 is 14.3 Å². The summed E-state index contributed by atoms with van der Waals surface area (Å²) < 4.78 is 5.11. The zero-order chi connectivity index (χ0) is 17.7. The number of carbonyl (C=O) groups excluding carboxylic acids is 2. The molecule has 0 atom stereocenters. The lowest BCUT2D eigenvalue weighted by atomic mass is 10.0. The Morgan fingerprint density at radius 2 is 1.48 bits per heavy atom. The molecule has 0 spiro atoms. The quantitative estimate of drug-likeness (QED) is 0.754. The van der Waals surface area contributed by atoms with Gasteiger partial charge >= 0.3 is 0 Å². The largest absolute Gasteiger partial charge is 0.497 e. The molecule has 3 rings (SSSR count). The number of hydrogen-bond donors (Lipinski definition) is 2. The van der Waals surface area contributed by atoms with Gasteiger partial charge in [-0.05, 0) is 48.2 Å². The summed E-state index contributed by atoms with van der Waals surface area (Å²) in [4.78, 5) is 28.8. The highest BCUT2D eigenvalue weighted by atomic mass is 16.5. The normalized spacial score (nSPS) is 14.4. The molecule has 1 aromatic heterocycles. The third-order valence-corrected chi connectivity index (χ3v) is 4.43. The van der Waals surface area contributed by atoms with Gasteiger partial charge in [0.2, 0.25) is 11.8 Å². The fourth-order valence-corrected chi connectivity index (χ4v) is 2.63. The van der Waals surface area contributed by atoms with Crippen LogP contribution in [0.15, 0.2) is 48.8 Å². The van der Waals surface area contributed by atoms with Crippen molar-refractivity contribution in [3.8, 4) is 5.75 Å². The molecule has 1 aliphatic rings. The summed E-state index contributed by atoms with van der Waals surface area (Å²) in [6, 6.07) is 11.1. The number of nitrogens with one attached hydrogen (secondary N) is 2. The lowest BCUT2D eigenvalue weighted by Crippen LogP contribution is -2.42. The molecule has 6 nitrogen and oxygen atoms in total. The second kappa shape index (κ2) is 7.34. The maximum Gasteiger partial charge on any atom is 0.235 e. The van der Waals surface area contributed by atoms with Crippen LogP contribution in [0.4, 0.5) is 0 Å². The summed E-state index contributed by atoms with van der Waals surface area (Å²) in [5, 5.41) is 5.72. The van der Waals surface area contributed by atoms with Crippen LogP contribution in [0.5, 0.6) is 5.75 Å². The topological polar surface area (TPSA) is 80.3 Å². The van der Waals surface area contributed by atoms with Gasteiger partial charge in [0.25, 0.3) is 0 Å². The van der Waals surface area contributed by atoms with Crippen LogP contribution >= 0.6 is 0 Å². The number of rotatable bonds is 7. The molecular weight excluding hydrogens is 318 g/mol. The summed E-state index contributed by atoms with van der Waals surface area (Å²) >= 11 is 0. The summed E-state index contributed by atoms with van der Waals surface area (Å²) in [7, 11) is 1.61. The van der Waals surface area contributed by atoms with E-state index in [-0.39, 0.29) is 11.8 Å². The third-order valence-electron chi connectivity index (χ3n) is 4.43. The molecule has 0 bridgehead atoms. The van der Waals surface area contributed by atoms with Crippen LogP contribution in [0.1, 0.15) is 24.0 Å². The molecule has 1 aliphatic carbocycles. The molecule has 1 aromatic carbocycles. The van der Waals surface area contributed by atoms with E-state index in [9.17, 15) is 9.59 Å². The number of aromatic nitrogens is 1. The van der Waals surface area contributed by atoms with Crippen molar-refractivity contribution in [2.24, 2.45) is 5.41 Å². The number of hydrogen-bond acceptors (Lipinski definition) is 4. The van der Waals surface area contributed by atoms with Gasteiger partial charge in [-0.25, -0.2) is 0 Å². The Labute approximate surface area is 146 Å². The van der Waals surface area contributed by atoms with Gasteiger partial charge in [0, 0.05) is 25.5 Å². The van der Waals surface area contributed by atoms with Crippen molar-refractivity contribution in [1.29, 1.82) is 0 Å². The Morgan fingerprint density at radius 3 is 1.96 bits per heavy atom. The number of methoxy groups -OCH3 is 1. The number of ether oxygens (including phenoxy) is 1.